The van der Waals surface area contributed by atoms with Crippen molar-refractivity contribution in [2.75, 3.05) is 13.6 Å². The van der Waals surface area contributed by atoms with Crippen LogP contribution in [0.15, 0.2) is 30.3 Å². The second kappa shape index (κ2) is 7.13. The summed E-state index contributed by atoms with van der Waals surface area (Å²) in [7, 11) is 1.68. The van der Waals surface area contributed by atoms with Gasteiger partial charge in [-0.3, -0.25) is 4.79 Å². The lowest BCUT2D eigenvalue weighted by molar-refractivity contribution is -0.142. The summed E-state index contributed by atoms with van der Waals surface area (Å²) in [6.45, 7) is 0.430. The average molecular weight is 274 g/mol. The van der Waals surface area contributed by atoms with Crippen molar-refractivity contribution >= 4 is 5.91 Å². The van der Waals surface area contributed by atoms with E-state index in [1.54, 1.807) is 37.4 Å². The Balaban J connectivity index is 2.73. The predicted molar refractivity (Wildman–Crippen MR) is 66.5 cm³/mol. The molecule has 2 N–H and O–H groups in total. The van der Waals surface area contributed by atoms with Crippen LogP contribution in [0.1, 0.15) is 24.4 Å². The predicted octanol–water partition coefficient (Wildman–Crippen LogP) is 2.41. The summed E-state index contributed by atoms with van der Waals surface area (Å²) < 4.78 is 37.6. The second-order valence-electron chi connectivity index (χ2n) is 4.20. The zero-order valence-corrected chi connectivity index (χ0v) is 10.6. The van der Waals surface area contributed by atoms with Crippen molar-refractivity contribution in [1.82, 2.24) is 10.6 Å². The summed E-state index contributed by atoms with van der Waals surface area (Å²) in [5, 5.41) is 5.20. The van der Waals surface area contributed by atoms with Crippen LogP contribution >= 0.6 is 0 Å². The van der Waals surface area contributed by atoms with E-state index in [4.69, 9.17) is 0 Å². The number of alkyl halides is 3. The third-order valence-corrected chi connectivity index (χ3v) is 2.57. The van der Waals surface area contributed by atoms with Gasteiger partial charge in [0.05, 0.1) is 12.5 Å². The van der Waals surface area contributed by atoms with Crippen molar-refractivity contribution in [2.45, 2.75) is 25.1 Å². The molecule has 0 bridgehead atoms. The molecule has 6 heteroatoms. The van der Waals surface area contributed by atoms with Crippen LogP contribution in [0.2, 0.25) is 0 Å². The number of amides is 1. The molecule has 0 heterocycles. The van der Waals surface area contributed by atoms with Gasteiger partial charge in [0.1, 0.15) is 0 Å². The fourth-order valence-corrected chi connectivity index (χ4v) is 1.67. The van der Waals surface area contributed by atoms with Crippen LogP contribution in [0.5, 0.6) is 0 Å². The van der Waals surface area contributed by atoms with E-state index in [-0.39, 0.29) is 6.42 Å². The van der Waals surface area contributed by atoms with Crippen molar-refractivity contribution in [1.29, 1.82) is 0 Å². The van der Waals surface area contributed by atoms with E-state index in [1.165, 1.54) is 0 Å². The number of benzene rings is 1. The Bertz CT molecular complexity index is 393. The number of hydrogen-bond acceptors (Lipinski definition) is 2. The molecule has 0 aliphatic carbocycles. The molecule has 1 aromatic carbocycles. The van der Waals surface area contributed by atoms with Gasteiger partial charge in [-0.1, -0.05) is 30.3 Å². The fraction of sp³-hybridized carbons (Fsp3) is 0.462. The van der Waals surface area contributed by atoms with E-state index in [2.05, 4.69) is 10.6 Å². The Labute approximate surface area is 110 Å². The normalized spacial score (nSPS) is 13.1. The van der Waals surface area contributed by atoms with Crippen LogP contribution in [0.3, 0.4) is 0 Å². The highest BCUT2D eigenvalue weighted by Gasteiger charge is 2.33. The molecule has 1 unspecified atom stereocenters. The van der Waals surface area contributed by atoms with Gasteiger partial charge in [-0.25, -0.2) is 0 Å². The van der Waals surface area contributed by atoms with Gasteiger partial charge in [0.15, 0.2) is 0 Å². The van der Waals surface area contributed by atoms with Gasteiger partial charge >= 0.3 is 6.18 Å². The zero-order valence-electron chi connectivity index (χ0n) is 10.6. The van der Waals surface area contributed by atoms with E-state index in [0.717, 1.165) is 0 Å². The van der Waals surface area contributed by atoms with Crippen LogP contribution in [0, 0.1) is 0 Å². The molecule has 1 atom stereocenters. The summed E-state index contributed by atoms with van der Waals surface area (Å²) in [6, 6.07) is 7.14. The fourth-order valence-electron chi connectivity index (χ4n) is 1.67. The lowest BCUT2D eigenvalue weighted by atomic mass is 10.0. The molecule has 0 saturated carbocycles. The first-order chi connectivity index (χ1) is 8.92. The molecular formula is C13H17F3N2O. The summed E-state index contributed by atoms with van der Waals surface area (Å²) >= 11 is 0. The van der Waals surface area contributed by atoms with Gasteiger partial charge in [-0.2, -0.15) is 13.2 Å². The quantitative estimate of drug-likeness (QED) is 0.836. The molecule has 0 aliphatic rings. The molecule has 3 nitrogen and oxygen atoms in total. The van der Waals surface area contributed by atoms with Crippen molar-refractivity contribution < 1.29 is 18.0 Å². The van der Waals surface area contributed by atoms with E-state index in [0.29, 0.717) is 12.1 Å². The topological polar surface area (TPSA) is 41.1 Å². The highest BCUT2D eigenvalue weighted by Crippen LogP contribution is 2.29. The lowest BCUT2D eigenvalue weighted by Crippen LogP contribution is -2.33. The minimum Gasteiger partial charge on any atom is -0.349 e. The molecule has 1 amide bonds. The molecule has 0 aromatic heterocycles. The molecule has 0 spiro atoms. The lowest BCUT2D eigenvalue weighted by Gasteiger charge is -2.20. The second-order valence-corrected chi connectivity index (χ2v) is 4.20. The maximum Gasteiger partial charge on any atom is 0.391 e. The monoisotopic (exact) mass is 274 g/mol. The largest absolute Gasteiger partial charge is 0.391 e. The molecule has 106 valence electrons. The summed E-state index contributed by atoms with van der Waals surface area (Å²) in [5.74, 6) is -0.396. The molecular weight excluding hydrogens is 257 g/mol. The van der Waals surface area contributed by atoms with Gasteiger partial charge in [0, 0.05) is 13.0 Å². The van der Waals surface area contributed by atoms with Gasteiger partial charge in [0.25, 0.3) is 0 Å². The van der Waals surface area contributed by atoms with Crippen LogP contribution in [-0.4, -0.2) is 25.7 Å². The highest BCUT2D eigenvalue weighted by molar-refractivity contribution is 5.76. The highest BCUT2D eigenvalue weighted by atomic mass is 19.4. The van der Waals surface area contributed by atoms with Crippen molar-refractivity contribution in [3.63, 3.8) is 0 Å². The maximum atomic E-state index is 12.5. The van der Waals surface area contributed by atoms with E-state index < -0.39 is 24.5 Å². The Morgan fingerprint density at radius 1 is 1.26 bits per heavy atom. The Hall–Kier alpha value is -1.56. The molecule has 19 heavy (non-hydrogen) atoms. The van der Waals surface area contributed by atoms with Gasteiger partial charge in [-0.05, 0) is 12.6 Å². The average Bonchev–Trinajstić information content (AvgIpc) is 2.35. The number of hydrogen-bond donors (Lipinski definition) is 2. The van der Waals surface area contributed by atoms with Gasteiger partial charge in [0.2, 0.25) is 5.91 Å². The SMILES string of the molecule is CNCCC(=O)NC(CC(F)(F)F)c1ccccc1. The molecule has 0 saturated heterocycles. The summed E-state index contributed by atoms with van der Waals surface area (Å²) in [4.78, 5) is 11.6. The minimum atomic E-state index is -4.32. The first-order valence-electron chi connectivity index (χ1n) is 5.98. The molecule has 0 aliphatic heterocycles. The Morgan fingerprint density at radius 2 is 1.89 bits per heavy atom. The molecule has 0 fully saturated rings. The number of nitrogens with one attached hydrogen (secondary N) is 2. The Morgan fingerprint density at radius 3 is 2.42 bits per heavy atom. The molecule has 1 rings (SSSR count). The standard InChI is InChI=1S/C13H17F3N2O/c1-17-8-7-12(19)18-11(9-13(14,15)16)10-5-3-2-4-6-10/h2-6,11,17H,7-9H2,1H3,(H,18,19). The molecule has 1 aromatic rings. The number of carbonyl (C=O) groups excluding carboxylic acids is 1. The maximum absolute atomic E-state index is 12.5. The van der Waals surface area contributed by atoms with Crippen LogP contribution in [0.25, 0.3) is 0 Å². The van der Waals surface area contributed by atoms with Crippen molar-refractivity contribution in [2.24, 2.45) is 0 Å². The van der Waals surface area contributed by atoms with Crippen LogP contribution in [-0.2, 0) is 4.79 Å². The third-order valence-electron chi connectivity index (χ3n) is 2.57. The Kier molecular flexibility index (Phi) is 5.82. The summed E-state index contributed by atoms with van der Waals surface area (Å²) in [5.41, 5.74) is 0.456. The van der Waals surface area contributed by atoms with E-state index in [1.807, 2.05) is 0 Å². The van der Waals surface area contributed by atoms with Gasteiger partial charge < -0.3 is 10.6 Å². The number of halogens is 3. The molecule has 0 radical (unpaired) electrons. The van der Waals surface area contributed by atoms with Crippen molar-refractivity contribution in [3.05, 3.63) is 35.9 Å². The van der Waals surface area contributed by atoms with Crippen LogP contribution < -0.4 is 10.6 Å². The third kappa shape index (κ3) is 6.24. The van der Waals surface area contributed by atoms with E-state index >= 15 is 0 Å². The number of carbonyl (C=O) groups is 1. The minimum absolute atomic E-state index is 0.150. The number of rotatable bonds is 6. The summed E-state index contributed by atoms with van der Waals surface area (Å²) in [6.07, 6.45) is -5.24. The van der Waals surface area contributed by atoms with E-state index in [9.17, 15) is 18.0 Å². The zero-order chi connectivity index (χ0) is 14.3. The smallest absolute Gasteiger partial charge is 0.349 e. The van der Waals surface area contributed by atoms with Crippen molar-refractivity contribution in [3.8, 4) is 0 Å². The van der Waals surface area contributed by atoms with Crippen LogP contribution in [0.4, 0.5) is 13.2 Å². The van der Waals surface area contributed by atoms with Gasteiger partial charge in [-0.15, -0.1) is 0 Å². The first kappa shape index (κ1) is 15.5. The first-order valence-corrected chi connectivity index (χ1v) is 5.98.